The molecule has 4 rings (SSSR count). The Labute approximate surface area is 230 Å². The Balaban J connectivity index is 1.69. The molecule has 1 saturated carbocycles. The van der Waals surface area contributed by atoms with Crippen LogP contribution >= 0.6 is 22.6 Å². The molecule has 196 valence electrons. The van der Waals surface area contributed by atoms with Crippen molar-refractivity contribution in [2.45, 2.75) is 64.9 Å². The molecule has 1 aliphatic rings. The largest absolute Gasteiger partial charge is 0.490 e. The Morgan fingerprint density at radius 3 is 2.68 bits per heavy atom. The number of rotatable bonds is 9. The van der Waals surface area contributed by atoms with Crippen LogP contribution in [-0.4, -0.2) is 41.2 Å². The fraction of sp³-hybridized carbons (Fsp3) is 0.429. The van der Waals surface area contributed by atoms with Crippen molar-refractivity contribution in [1.82, 2.24) is 9.66 Å². The van der Waals surface area contributed by atoms with Gasteiger partial charge >= 0.3 is 5.97 Å². The SMILES string of the molecule is CCOc1cc(C=Nn2c(C3CCCCC3)nc3ccccc3c2=O)cc(I)c1OCC(=O)OC(C)C. The van der Waals surface area contributed by atoms with Gasteiger partial charge in [0.2, 0.25) is 0 Å². The van der Waals surface area contributed by atoms with Gasteiger partial charge in [-0.1, -0.05) is 31.4 Å². The first kappa shape index (κ1) is 27.1. The lowest BCUT2D eigenvalue weighted by molar-refractivity contribution is -0.149. The highest BCUT2D eigenvalue weighted by Crippen LogP contribution is 2.34. The molecule has 37 heavy (non-hydrogen) atoms. The molecule has 1 fully saturated rings. The maximum Gasteiger partial charge on any atom is 0.344 e. The maximum atomic E-state index is 13.4. The zero-order valence-corrected chi connectivity index (χ0v) is 23.6. The first-order valence-corrected chi connectivity index (χ1v) is 13.8. The number of carbonyl (C=O) groups is 1. The predicted octanol–water partition coefficient (Wildman–Crippen LogP) is 5.66. The smallest absolute Gasteiger partial charge is 0.344 e. The van der Waals surface area contributed by atoms with Crippen molar-refractivity contribution in [1.29, 1.82) is 0 Å². The standard InChI is InChI=1S/C28H32IN3O5/c1-4-35-24-15-19(14-22(29)26(24)36-17-25(33)37-18(2)3)16-30-32-27(20-10-6-5-7-11-20)31-23-13-9-8-12-21(23)28(32)34/h8-9,12-16,18,20H,4-7,10-11,17H2,1-3H3. The highest BCUT2D eigenvalue weighted by molar-refractivity contribution is 14.1. The van der Waals surface area contributed by atoms with Crippen LogP contribution in [0, 0.1) is 3.57 Å². The molecular weight excluding hydrogens is 585 g/mol. The Bertz CT molecular complexity index is 1350. The van der Waals surface area contributed by atoms with Gasteiger partial charge in [0.05, 0.1) is 33.4 Å². The number of para-hydroxylation sites is 1. The quantitative estimate of drug-likeness (QED) is 0.175. The van der Waals surface area contributed by atoms with Crippen LogP contribution in [0.1, 0.15) is 70.2 Å². The summed E-state index contributed by atoms with van der Waals surface area (Å²) in [6, 6.07) is 11.1. The van der Waals surface area contributed by atoms with Gasteiger partial charge in [0, 0.05) is 5.92 Å². The van der Waals surface area contributed by atoms with Gasteiger partial charge in [-0.05, 0) is 86.0 Å². The molecule has 8 nitrogen and oxygen atoms in total. The third-order valence-electron chi connectivity index (χ3n) is 6.10. The molecule has 0 N–H and O–H groups in total. The second-order valence-corrected chi connectivity index (χ2v) is 10.4. The van der Waals surface area contributed by atoms with Crippen LogP contribution in [0.25, 0.3) is 10.9 Å². The maximum absolute atomic E-state index is 13.4. The molecule has 0 radical (unpaired) electrons. The van der Waals surface area contributed by atoms with E-state index >= 15 is 0 Å². The summed E-state index contributed by atoms with van der Waals surface area (Å²) in [6.45, 7) is 5.66. The van der Waals surface area contributed by atoms with E-state index in [1.54, 1.807) is 32.2 Å². The van der Waals surface area contributed by atoms with Crippen molar-refractivity contribution >= 4 is 45.7 Å². The fourth-order valence-electron chi connectivity index (χ4n) is 4.50. The van der Waals surface area contributed by atoms with Crippen molar-refractivity contribution in [3.05, 3.63) is 61.7 Å². The van der Waals surface area contributed by atoms with Gasteiger partial charge in [-0.2, -0.15) is 9.78 Å². The lowest BCUT2D eigenvalue weighted by atomic mass is 9.88. The first-order chi connectivity index (χ1) is 17.9. The van der Waals surface area contributed by atoms with Gasteiger partial charge in [0.25, 0.3) is 5.56 Å². The lowest BCUT2D eigenvalue weighted by Crippen LogP contribution is -2.25. The summed E-state index contributed by atoms with van der Waals surface area (Å²) in [6.07, 6.45) is 6.88. The Morgan fingerprint density at radius 2 is 1.95 bits per heavy atom. The Hall–Kier alpha value is -2.95. The number of ether oxygens (including phenoxy) is 3. The van der Waals surface area contributed by atoms with E-state index in [0.717, 1.165) is 34.8 Å². The molecule has 1 heterocycles. The molecule has 0 unspecified atom stereocenters. The minimum atomic E-state index is -0.447. The average molecular weight is 617 g/mol. The number of halogens is 1. The first-order valence-electron chi connectivity index (χ1n) is 12.7. The second kappa shape index (κ2) is 12.5. The van der Waals surface area contributed by atoms with Gasteiger partial charge in [-0.15, -0.1) is 0 Å². The van der Waals surface area contributed by atoms with Crippen LogP contribution in [0.2, 0.25) is 0 Å². The van der Waals surface area contributed by atoms with E-state index in [-0.39, 0.29) is 24.2 Å². The van der Waals surface area contributed by atoms with Crippen molar-refractivity contribution in [3.8, 4) is 11.5 Å². The molecule has 0 saturated heterocycles. The summed E-state index contributed by atoms with van der Waals surface area (Å²) in [5.41, 5.74) is 1.26. The number of aromatic nitrogens is 2. The third-order valence-corrected chi connectivity index (χ3v) is 6.91. The van der Waals surface area contributed by atoms with E-state index in [4.69, 9.17) is 19.2 Å². The van der Waals surface area contributed by atoms with Gasteiger partial charge in [0.15, 0.2) is 18.1 Å². The number of hydrogen-bond donors (Lipinski definition) is 0. The lowest BCUT2D eigenvalue weighted by Gasteiger charge is -2.22. The summed E-state index contributed by atoms with van der Waals surface area (Å²) in [5, 5.41) is 5.17. The summed E-state index contributed by atoms with van der Waals surface area (Å²) in [4.78, 5) is 30.3. The summed E-state index contributed by atoms with van der Waals surface area (Å²) in [5.74, 6) is 1.42. The Morgan fingerprint density at radius 1 is 1.19 bits per heavy atom. The molecule has 3 aromatic rings. The van der Waals surface area contributed by atoms with Crippen LogP contribution in [0.3, 0.4) is 0 Å². The second-order valence-electron chi connectivity index (χ2n) is 9.27. The number of carbonyl (C=O) groups excluding carboxylic acids is 1. The fourth-order valence-corrected chi connectivity index (χ4v) is 5.28. The van der Waals surface area contributed by atoms with Crippen LogP contribution in [-0.2, 0) is 9.53 Å². The van der Waals surface area contributed by atoms with Crippen LogP contribution < -0.4 is 15.0 Å². The van der Waals surface area contributed by atoms with E-state index in [1.165, 1.54) is 11.1 Å². The number of esters is 1. The summed E-state index contributed by atoms with van der Waals surface area (Å²) in [7, 11) is 0. The number of nitrogens with zero attached hydrogens (tertiary/aromatic N) is 3. The third kappa shape index (κ3) is 6.68. The normalized spacial score (nSPS) is 14.4. The molecule has 0 bridgehead atoms. The van der Waals surface area contributed by atoms with E-state index in [2.05, 4.69) is 27.7 Å². The molecule has 0 spiro atoms. The van der Waals surface area contributed by atoms with Gasteiger partial charge < -0.3 is 14.2 Å². The average Bonchev–Trinajstić information content (AvgIpc) is 2.88. The zero-order valence-electron chi connectivity index (χ0n) is 21.4. The van der Waals surface area contributed by atoms with E-state index in [0.29, 0.717) is 34.8 Å². The number of fused-ring (bicyclic) bond motifs is 1. The summed E-state index contributed by atoms with van der Waals surface area (Å²) >= 11 is 2.14. The highest BCUT2D eigenvalue weighted by atomic mass is 127. The van der Waals surface area contributed by atoms with Crippen LogP contribution in [0.15, 0.2) is 46.3 Å². The highest BCUT2D eigenvalue weighted by Gasteiger charge is 2.22. The number of benzene rings is 2. The zero-order chi connectivity index (χ0) is 26.4. The van der Waals surface area contributed by atoms with Crippen LogP contribution in [0.4, 0.5) is 0 Å². The van der Waals surface area contributed by atoms with E-state index in [1.807, 2.05) is 31.2 Å². The van der Waals surface area contributed by atoms with Crippen molar-refractivity contribution < 1.29 is 19.0 Å². The van der Waals surface area contributed by atoms with Gasteiger partial charge in [-0.25, -0.2) is 9.78 Å². The molecule has 1 aliphatic carbocycles. The van der Waals surface area contributed by atoms with Gasteiger partial charge in [0.1, 0.15) is 5.82 Å². The van der Waals surface area contributed by atoms with Crippen molar-refractivity contribution in [3.63, 3.8) is 0 Å². The van der Waals surface area contributed by atoms with Crippen LogP contribution in [0.5, 0.6) is 11.5 Å². The topological polar surface area (TPSA) is 92.0 Å². The van der Waals surface area contributed by atoms with Gasteiger partial charge in [-0.3, -0.25) is 4.79 Å². The molecule has 1 aromatic heterocycles. The van der Waals surface area contributed by atoms with E-state index < -0.39 is 5.97 Å². The molecule has 9 heteroatoms. The summed E-state index contributed by atoms with van der Waals surface area (Å²) < 4.78 is 18.9. The van der Waals surface area contributed by atoms with E-state index in [9.17, 15) is 9.59 Å². The molecular formula is C28H32IN3O5. The predicted molar refractivity (Wildman–Crippen MR) is 152 cm³/mol. The van der Waals surface area contributed by atoms with Crippen molar-refractivity contribution in [2.24, 2.45) is 5.10 Å². The monoisotopic (exact) mass is 617 g/mol. The minimum absolute atomic E-state index is 0.175. The molecule has 0 atom stereocenters. The molecule has 0 aliphatic heterocycles. The van der Waals surface area contributed by atoms with Crippen molar-refractivity contribution in [2.75, 3.05) is 13.2 Å². The molecule has 0 amide bonds. The Kier molecular flexibility index (Phi) is 9.18. The number of hydrogen-bond acceptors (Lipinski definition) is 7. The molecule has 2 aromatic carbocycles. The minimum Gasteiger partial charge on any atom is -0.490 e.